The predicted octanol–water partition coefficient (Wildman–Crippen LogP) is 2.33. The van der Waals surface area contributed by atoms with Crippen molar-refractivity contribution < 1.29 is 4.84 Å². The molecule has 2 aromatic rings. The Balaban J connectivity index is 2.02. The van der Waals surface area contributed by atoms with Crippen molar-refractivity contribution in [1.82, 2.24) is 4.98 Å². The van der Waals surface area contributed by atoms with Gasteiger partial charge in [0.25, 0.3) is 0 Å². The largest absolute Gasteiger partial charge is 0.388 e. The Bertz CT molecular complexity index is 559. The van der Waals surface area contributed by atoms with Crippen LogP contribution in [0.25, 0.3) is 0 Å². The van der Waals surface area contributed by atoms with E-state index in [1.165, 1.54) is 0 Å². The molecule has 0 atom stereocenters. The van der Waals surface area contributed by atoms with Gasteiger partial charge in [-0.05, 0) is 12.1 Å². The minimum absolute atomic E-state index is 0.218. The van der Waals surface area contributed by atoms with Crippen LogP contribution in [0.3, 0.4) is 0 Å². The van der Waals surface area contributed by atoms with Crippen molar-refractivity contribution in [3.05, 3.63) is 66.0 Å². The highest BCUT2D eigenvalue weighted by atomic mass is 16.6. The van der Waals surface area contributed by atoms with Gasteiger partial charge in [-0.25, -0.2) is 4.98 Å². The number of rotatable bonds is 4. The lowest BCUT2D eigenvalue weighted by Crippen LogP contribution is -1.99. The smallest absolute Gasteiger partial charge is 0.186 e. The lowest BCUT2D eigenvalue weighted by atomic mass is 10.1. The molecule has 2 rings (SSSR count). The van der Waals surface area contributed by atoms with Gasteiger partial charge in [0.2, 0.25) is 0 Å². The maximum absolute atomic E-state index is 8.99. The van der Waals surface area contributed by atoms with Gasteiger partial charge in [0.1, 0.15) is 6.07 Å². The number of pyridine rings is 1. The zero-order valence-electron chi connectivity index (χ0n) is 9.58. The summed E-state index contributed by atoms with van der Waals surface area (Å²) >= 11 is 0. The first-order chi connectivity index (χ1) is 8.90. The van der Waals surface area contributed by atoms with Gasteiger partial charge in [-0.3, -0.25) is 0 Å². The van der Waals surface area contributed by atoms with Gasteiger partial charge in [-0.1, -0.05) is 41.6 Å². The number of hydrogen-bond donors (Lipinski definition) is 0. The Kier molecular flexibility index (Phi) is 4.04. The molecular formula is C14H10N3O. The lowest BCUT2D eigenvalue weighted by molar-refractivity contribution is 0.128. The second-order valence-electron chi connectivity index (χ2n) is 3.45. The van der Waals surface area contributed by atoms with E-state index in [1.54, 1.807) is 24.3 Å². The maximum Gasteiger partial charge on any atom is 0.186 e. The van der Waals surface area contributed by atoms with E-state index >= 15 is 0 Å². The van der Waals surface area contributed by atoms with Crippen LogP contribution in [0, 0.1) is 17.5 Å². The summed E-state index contributed by atoms with van der Waals surface area (Å²) in [5.74, 6) is 0. The zero-order valence-corrected chi connectivity index (χ0v) is 9.58. The fraction of sp³-hybridized carbons (Fsp3) is 0.0714. The second-order valence-corrected chi connectivity index (χ2v) is 3.45. The van der Waals surface area contributed by atoms with Crippen molar-refractivity contribution in [1.29, 1.82) is 5.26 Å². The quantitative estimate of drug-likeness (QED) is 0.604. The van der Waals surface area contributed by atoms with Crippen molar-refractivity contribution in [3.63, 3.8) is 0 Å². The van der Waals surface area contributed by atoms with E-state index in [4.69, 9.17) is 10.1 Å². The Morgan fingerprint density at radius 2 is 2.11 bits per heavy atom. The van der Waals surface area contributed by atoms with Gasteiger partial charge < -0.3 is 4.84 Å². The third-order valence-corrected chi connectivity index (χ3v) is 2.19. The normalized spacial score (nSPS) is 10.7. The summed E-state index contributed by atoms with van der Waals surface area (Å²) < 4.78 is 0. The monoisotopic (exact) mass is 236 g/mol. The molecule has 0 aliphatic carbocycles. The van der Waals surface area contributed by atoms with Crippen LogP contribution in [0.1, 0.15) is 11.3 Å². The van der Waals surface area contributed by atoms with Crippen LogP contribution in [-0.4, -0.2) is 10.7 Å². The second kappa shape index (κ2) is 6.16. The molecule has 0 aliphatic heterocycles. The summed E-state index contributed by atoms with van der Waals surface area (Å²) in [4.78, 5) is 9.08. The molecule has 0 saturated carbocycles. The van der Waals surface area contributed by atoms with Gasteiger partial charge >= 0.3 is 0 Å². The Hall–Kier alpha value is -2.67. The number of aromatic nitrogens is 1. The predicted molar refractivity (Wildman–Crippen MR) is 66.5 cm³/mol. The molecule has 18 heavy (non-hydrogen) atoms. The van der Waals surface area contributed by atoms with Crippen LogP contribution in [0.2, 0.25) is 0 Å². The molecule has 0 spiro atoms. The Morgan fingerprint density at radius 3 is 2.78 bits per heavy atom. The van der Waals surface area contributed by atoms with Crippen molar-refractivity contribution >= 4 is 5.71 Å². The highest BCUT2D eigenvalue weighted by Gasteiger charge is 2.02. The molecule has 0 amide bonds. The minimum atomic E-state index is 0.218. The molecule has 1 aromatic carbocycles. The number of benzene rings is 1. The fourth-order valence-corrected chi connectivity index (χ4v) is 1.34. The van der Waals surface area contributed by atoms with E-state index in [9.17, 15) is 0 Å². The van der Waals surface area contributed by atoms with Crippen LogP contribution >= 0.6 is 0 Å². The topological polar surface area (TPSA) is 58.3 Å². The average Bonchev–Trinajstić information content (AvgIpc) is 2.46. The van der Waals surface area contributed by atoms with Gasteiger partial charge in [-0.15, -0.1) is 0 Å². The number of hydrogen-bond acceptors (Lipinski definition) is 4. The summed E-state index contributed by atoms with van der Waals surface area (Å²) in [5.41, 5.74) is 1.69. The molecule has 0 saturated heterocycles. The minimum Gasteiger partial charge on any atom is -0.388 e. The van der Waals surface area contributed by atoms with Crippen LogP contribution in [0.5, 0.6) is 0 Å². The lowest BCUT2D eigenvalue weighted by Gasteiger charge is -2.00. The summed E-state index contributed by atoms with van der Waals surface area (Å²) in [6, 6.07) is 16.5. The molecular weight excluding hydrogens is 226 g/mol. The summed E-state index contributed by atoms with van der Waals surface area (Å²) in [5, 5.41) is 12.8. The molecule has 87 valence electrons. The van der Waals surface area contributed by atoms with Crippen LogP contribution < -0.4 is 0 Å². The van der Waals surface area contributed by atoms with Crippen LogP contribution in [0.15, 0.2) is 53.7 Å². The standard InChI is InChI=1S/C14H10N3O/c15-10-14(12-6-2-1-3-7-12)17-18-11-13-8-4-5-9-16-13/h1-8H,11H2/b17-14+. The zero-order chi connectivity index (χ0) is 12.6. The van der Waals surface area contributed by atoms with E-state index in [2.05, 4.69) is 16.3 Å². The van der Waals surface area contributed by atoms with E-state index in [-0.39, 0.29) is 12.3 Å². The molecule has 4 nitrogen and oxygen atoms in total. The van der Waals surface area contributed by atoms with E-state index in [0.29, 0.717) is 5.69 Å². The number of nitrogens with zero attached hydrogens (tertiary/aromatic N) is 3. The highest BCUT2D eigenvalue weighted by Crippen LogP contribution is 2.02. The molecule has 1 aromatic heterocycles. The van der Waals surface area contributed by atoms with E-state index in [0.717, 1.165) is 5.56 Å². The van der Waals surface area contributed by atoms with Crippen LogP contribution in [-0.2, 0) is 11.4 Å². The Labute approximate surface area is 105 Å². The van der Waals surface area contributed by atoms with Gasteiger partial charge in [0, 0.05) is 5.56 Å². The third-order valence-electron chi connectivity index (χ3n) is 2.19. The third kappa shape index (κ3) is 3.16. The summed E-state index contributed by atoms with van der Waals surface area (Å²) in [7, 11) is 0. The van der Waals surface area contributed by atoms with Crippen molar-refractivity contribution in [2.75, 3.05) is 0 Å². The molecule has 0 N–H and O–H groups in total. The SMILES string of the molecule is N#C/C(=N\OCc1ccc[c]n1)c1ccccc1. The van der Waals surface area contributed by atoms with Crippen molar-refractivity contribution in [2.45, 2.75) is 6.61 Å². The van der Waals surface area contributed by atoms with Gasteiger partial charge in [0.15, 0.2) is 12.3 Å². The first-order valence-electron chi connectivity index (χ1n) is 5.37. The molecule has 0 fully saturated rings. The van der Waals surface area contributed by atoms with E-state index in [1.807, 2.05) is 30.3 Å². The first kappa shape index (κ1) is 11.8. The van der Waals surface area contributed by atoms with E-state index < -0.39 is 0 Å². The number of oxime groups is 1. The van der Waals surface area contributed by atoms with Gasteiger partial charge in [0.05, 0.1) is 11.9 Å². The average molecular weight is 236 g/mol. The van der Waals surface area contributed by atoms with Crippen molar-refractivity contribution in [3.8, 4) is 6.07 Å². The molecule has 4 heteroatoms. The fourth-order valence-electron chi connectivity index (χ4n) is 1.34. The molecule has 1 radical (unpaired) electrons. The molecule has 1 heterocycles. The Morgan fingerprint density at radius 1 is 1.28 bits per heavy atom. The maximum atomic E-state index is 8.99. The molecule has 0 aliphatic rings. The van der Waals surface area contributed by atoms with Crippen LogP contribution in [0.4, 0.5) is 0 Å². The summed E-state index contributed by atoms with van der Waals surface area (Å²) in [6.07, 6.45) is 2.70. The molecule has 0 unspecified atom stereocenters. The first-order valence-corrected chi connectivity index (χ1v) is 5.37. The van der Waals surface area contributed by atoms with Crippen molar-refractivity contribution in [2.24, 2.45) is 5.16 Å². The number of nitriles is 1. The highest BCUT2D eigenvalue weighted by molar-refractivity contribution is 6.11. The van der Waals surface area contributed by atoms with Gasteiger partial charge in [-0.2, -0.15) is 5.26 Å². The summed E-state index contributed by atoms with van der Waals surface area (Å²) in [6.45, 7) is 0.218. The molecule has 0 bridgehead atoms.